The number of benzene rings is 1. The molecule has 7 heteroatoms. The van der Waals surface area contributed by atoms with Crippen LogP contribution in [0.5, 0.6) is 0 Å². The molecule has 0 amide bonds. The molecule has 0 aliphatic rings. The number of hydrogen-bond donors (Lipinski definition) is 1. The first-order chi connectivity index (χ1) is 10.3. The molecule has 0 aliphatic carbocycles. The van der Waals surface area contributed by atoms with E-state index in [1.54, 1.807) is 6.92 Å². The lowest BCUT2D eigenvalue weighted by molar-refractivity contribution is -0.386. The van der Waals surface area contributed by atoms with Gasteiger partial charge in [-0.1, -0.05) is 6.07 Å². The number of aliphatic hydroxyl groups is 1. The topological polar surface area (TPSA) is 85.4 Å². The second kappa shape index (κ2) is 6.07. The molecule has 1 atom stereocenters. The highest BCUT2D eigenvalue weighted by atomic mass is 19.1. The molecule has 116 valence electrons. The van der Waals surface area contributed by atoms with Crippen LogP contribution < -0.4 is 5.56 Å². The number of hydrogen-bond acceptors (Lipinski definition) is 4. The summed E-state index contributed by atoms with van der Waals surface area (Å²) in [5.41, 5.74) is 0.641. The van der Waals surface area contributed by atoms with E-state index in [4.69, 9.17) is 0 Å². The van der Waals surface area contributed by atoms with Gasteiger partial charge in [0.25, 0.3) is 11.2 Å². The summed E-state index contributed by atoms with van der Waals surface area (Å²) >= 11 is 0. The molecule has 0 bridgehead atoms. The lowest BCUT2D eigenvalue weighted by Gasteiger charge is -2.15. The average Bonchev–Trinajstić information content (AvgIpc) is 2.41. The standard InChI is InChI=1S/C15H15FN2O4/c1-9-5-11(16)3-4-12(9)14(19)8-17-7-13(18(21)22)10(2)6-15(17)20/h3-7,14,19H,8H2,1-2H3. The highest BCUT2D eigenvalue weighted by Gasteiger charge is 2.17. The molecule has 0 spiro atoms. The molecule has 0 fully saturated rings. The third-order valence-electron chi connectivity index (χ3n) is 3.46. The summed E-state index contributed by atoms with van der Waals surface area (Å²) in [5.74, 6) is -0.420. The number of rotatable bonds is 4. The molecule has 0 saturated carbocycles. The van der Waals surface area contributed by atoms with Gasteiger partial charge >= 0.3 is 0 Å². The zero-order valence-electron chi connectivity index (χ0n) is 12.1. The third-order valence-corrected chi connectivity index (χ3v) is 3.46. The fourth-order valence-corrected chi connectivity index (χ4v) is 2.29. The van der Waals surface area contributed by atoms with Gasteiger partial charge < -0.3 is 9.67 Å². The van der Waals surface area contributed by atoms with E-state index < -0.39 is 22.4 Å². The molecule has 0 saturated heterocycles. The Bertz CT molecular complexity index is 786. The van der Waals surface area contributed by atoms with Crippen LogP contribution in [0, 0.1) is 29.8 Å². The Kier molecular flexibility index (Phi) is 4.37. The number of halogens is 1. The monoisotopic (exact) mass is 306 g/mol. The minimum absolute atomic E-state index is 0.146. The maximum atomic E-state index is 13.1. The van der Waals surface area contributed by atoms with Gasteiger partial charge in [-0.25, -0.2) is 4.39 Å². The number of nitro groups is 1. The molecule has 2 rings (SSSR count). The van der Waals surface area contributed by atoms with Crippen molar-refractivity contribution in [2.75, 3.05) is 0 Å². The van der Waals surface area contributed by atoms with Gasteiger partial charge in [-0.05, 0) is 37.1 Å². The Morgan fingerprint density at radius 3 is 2.59 bits per heavy atom. The van der Waals surface area contributed by atoms with Crippen LogP contribution in [0.3, 0.4) is 0 Å². The second-order valence-corrected chi connectivity index (χ2v) is 5.11. The van der Waals surface area contributed by atoms with E-state index in [9.17, 15) is 24.4 Å². The molecule has 0 radical (unpaired) electrons. The van der Waals surface area contributed by atoms with Crippen molar-refractivity contribution in [1.82, 2.24) is 4.57 Å². The number of pyridine rings is 1. The molecule has 1 heterocycles. The van der Waals surface area contributed by atoms with Crippen LogP contribution in [0.4, 0.5) is 10.1 Å². The zero-order chi connectivity index (χ0) is 16.4. The molecule has 1 aromatic carbocycles. The number of aryl methyl sites for hydroxylation is 2. The first kappa shape index (κ1) is 15.8. The third kappa shape index (κ3) is 3.20. The lowest BCUT2D eigenvalue weighted by atomic mass is 10.0. The summed E-state index contributed by atoms with van der Waals surface area (Å²) in [6.45, 7) is 2.97. The first-order valence-electron chi connectivity index (χ1n) is 6.59. The van der Waals surface area contributed by atoms with Gasteiger partial charge in [-0.15, -0.1) is 0 Å². The normalized spacial score (nSPS) is 12.2. The largest absolute Gasteiger partial charge is 0.387 e. The molecular weight excluding hydrogens is 291 g/mol. The van der Waals surface area contributed by atoms with Gasteiger partial charge in [0.15, 0.2) is 0 Å². The van der Waals surface area contributed by atoms with E-state index in [1.165, 1.54) is 25.1 Å². The van der Waals surface area contributed by atoms with Crippen molar-refractivity contribution in [2.45, 2.75) is 26.5 Å². The maximum Gasteiger partial charge on any atom is 0.288 e. The van der Waals surface area contributed by atoms with Crippen LogP contribution in [0.1, 0.15) is 22.8 Å². The molecule has 1 aromatic heterocycles. The van der Waals surface area contributed by atoms with Gasteiger partial charge in [0, 0.05) is 11.6 Å². The van der Waals surface area contributed by atoms with E-state index >= 15 is 0 Å². The molecule has 1 unspecified atom stereocenters. The van der Waals surface area contributed by atoms with Crippen molar-refractivity contribution in [3.63, 3.8) is 0 Å². The summed E-state index contributed by atoms with van der Waals surface area (Å²) in [7, 11) is 0. The van der Waals surface area contributed by atoms with Crippen molar-refractivity contribution in [3.8, 4) is 0 Å². The Morgan fingerprint density at radius 2 is 2.00 bits per heavy atom. The van der Waals surface area contributed by atoms with Crippen LogP contribution in [-0.4, -0.2) is 14.6 Å². The fourth-order valence-electron chi connectivity index (χ4n) is 2.29. The Hall–Kier alpha value is -2.54. The summed E-state index contributed by atoms with van der Waals surface area (Å²) < 4.78 is 14.2. The van der Waals surface area contributed by atoms with Crippen LogP contribution in [0.2, 0.25) is 0 Å². The summed E-state index contributed by atoms with van der Waals surface area (Å²) in [6.07, 6.45) is 0.0420. The van der Waals surface area contributed by atoms with E-state index in [0.29, 0.717) is 11.1 Å². The van der Waals surface area contributed by atoms with E-state index in [0.717, 1.165) is 16.8 Å². The number of aromatic nitrogens is 1. The summed E-state index contributed by atoms with van der Waals surface area (Å²) in [6, 6.07) is 5.08. The van der Waals surface area contributed by atoms with Crippen molar-refractivity contribution in [2.24, 2.45) is 0 Å². The van der Waals surface area contributed by atoms with E-state index in [2.05, 4.69) is 0 Å². The minimum atomic E-state index is -1.07. The average molecular weight is 306 g/mol. The zero-order valence-corrected chi connectivity index (χ0v) is 12.1. The molecule has 1 N–H and O–H groups in total. The summed E-state index contributed by atoms with van der Waals surface area (Å²) in [4.78, 5) is 22.2. The van der Waals surface area contributed by atoms with Crippen LogP contribution in [-0.2, 0) is 6.54 Å². The van der Waals surface area contributed by atoms with Gasteiger partial charge in [-0.3, -0.25) is 14.9 Å². The maximum absolute atomic E-state index is 13.1. The van der Waals surface area contributed by atoms with E-state index in [-0.39, 0.29) is 17.8 Å². The van der Waals surface area contributed by atoms with Gasteiger partial charge in [0.05, 0.1) is 23.8 Å². The molecule has 22 heavy (non-hydrogen) atoms. The minimum Gasteiger partial charge on any atom is -0.387 e. The van der Waals surface area contributed by atoms with Crippen LogP contribution in [0.25, 0.3) is 0 Å². The number of nitrogens with zero attached hydrogens (tertiary/aromatic N) is 2. The molecule has 0 aliphatic heterocycles. The lowest BCUT2D eigenvalue weighted by Crippen LogP contribution is -2.23. The van der Waals surface area contributed by atoms with Gasteiger partial charge in [0.1, 0.15) is 5.82 Å². The summed E-state index contributed by atoms with van der Waals surface area (Å²) in [5, 5.41) is 21.1. The Morgan fingerprint density at radius 1 is 1.32 bits per heavy atom. The van der Waals surface area contributed by atoms with Crippen molar-refractivity contribution >= 4 is 5.69 Å². The number of aliphatic hydroxyl groups excluding tert-OH is 1. The first-order valence-corrected chi connectivity index (χ1v) is 6.59. The van der Waals surface area contributed by atoms with Gasteiger partial charge in [-0.2, -0.15) is 0 Å². The quantitative estimate of drug-likeness (QED) is 0.693. The van der Waals surface area contributed by atoms with Gasteiger partial charge in [0.2, 0.25) is 0 Å². The smallest absolute Gasteiger partial charge is 0.288 e. The van der Waals surface area contributed by atoms with Crippen molar-refractivity contribution in [3.05, 3.63) is 73.4 Å². The Balaban J connectivity index is 2.36. The molecular formula is C15H15FN2O4. The van der Waals surface area contributed by atoms with Crippen LogP contribution >= 0.6 is 0 Å². The predicted octanol–water partition coefficient (Wildman–Crippen LogP) is 2.25. The highest BCUT2D eigenvalue weighted by Crippen LogP contribution is 2.21. The fraction of sp³-hybridized carbons (Fsp3) is 0.267. The van der Waals surface area contributed by atoms with Crippen molar-refractivity contribution in [1.29, 1.82) is 0 Å². The van der Waals surface area contributed by atoms with Crippen molar-refractivity contribution < 1.29 is 14.4 Å². The second-order valence-electron chi connectivity index (χ2n) is 5.11. The molecule has 6 nitrogen and oxygen atoms in total. The molecule has 2 aromatic rings. The van der Waals surface area contributed by atoms with Crippen LogP contribution in [0.15, 0.2) is 35.3 Å². The van der Waals surface area contributed by atoms with E-state index in [1.807, 2.05) is 0 Å². The predicted molar refractivity (Wildman–Crippen MR) is 78.2 cm³/mol. The Labute approximate surface area is 125 Å². The SMILES string of the molecule is Cc1cc(F)ccc1C(O)Cn1cc([N+](=O)[O-])c(C)cc1=O. The highest BCUT2D eigenvalue weighted by molar-refractivity contribution is 5.36.